The Labute approximate surface area is 215 Å². The number of ketones is 1. The molecule has 0 fully saturated rings. The van der Waals surface area contributed by atoms with E-state index in [0.29, 0.717) is 37.1 Å². The molecule has 1 unspecified atom stereocenters. The van der Waals surface area contributed by atoms with E-state index in [0.717, 1.165) is 28.1 Å². The van der Waals surface area contributed by atoms with E-state index in [1.807, 2.05) is 41.1 Å². The van der Waals surface area contributed by atoms with Crippen LogP contribution in [0.2, 0.25) is 0 Å². The topological polar surface area (TPSA) is 66.2 Å². The molecule has 0 aliphatic carbocycles. The summed E-state index contributed by atoms with van der Waals surface area (Å²) in [5.74, 6) is 6.25. The highest BCUT2D eigenvalue weighted by Gasteiger charge is 2.14. The predicted octanol–water partition coefficient (Wildman–Crippen LogP) is 4.95. The number of aromatic nitrogens is 3. The van der Waals surface area contributed by atoms with E-state index < -0.39 is 0 Å². The maximum absolute atomic E-state index is 13.0. The lowest BCUT2D eigenvalue weighted by molar-refractivity contribution is 0.0925. The molecular formula is C29H34N3O3S+. The van der Waals surface area contributed by atoms with E-state index in [-0.39, 0.29) is 22.7 Å². The van der Waals surface area contributed by atoms with Gasteiger partial charge in [-0.25, -0.2) is 9.97 Å². The summed E-state index contributed by atoms with van der Waals surface area (Å²) in [7, 11) is -0.215. The first-order chi connectivity index (χ1) is 17.4. The molecule has 2 heterocycles. The average Bonchev–Trinajstić information content (AvgIpc) is 3.30. The second kappa shape index (κ2) is 12.1. The monoisotopic (exact) mass is 504 g/mol. The Balaban J connectivity index is 1.35. The third kappa shape index (κ3) is 6.68. The van der Waals surface area contributed by atoms with Crippen molar-refractivity contribution in [3.63, 3.8) is 0 Å². The Bertz CT molecular complexity index is 1330. The first-order valence-electron chi connectivity index (χ1n) is 12.1. The quantitative estimate of drug-likeness (QED) is 0.0898. The molecule has 0 spiro atoms. The van der Waals surface area contributed by atoms with Gasteiger partial charge in [-0.15, -0.1) is 10.5 Å². The molecule has 0 radical (unpaired) electrons. The van der Waals surface area contributed by atoms with Crippen molar-refractivity contribution >= 4 is 33.2 Å². The first kappa shape index (κ1) is 25.8. The molecule has 0 aliphatic heterocycles. The van der Waals surface area contributed by atoms with Gasteiger partial charge in [0.1, 0.15) is 31.1 Å². The SMILES string of the molecule is C=[SH+](C)CCOCn1ccc2c(CC(=O)c3ccc(OCc4ccc(C(C)C)cc4)cc3)ncnc21. The second-order valence-electron chi connectivity index (χ2n) is 9.27. The van der Waals surface area contributed by atoms with Gasteiger partial charge in [0.15, 0.2) is 5.78 Å². The molecule has 0 aliphatic rings. The van der Waals surface area contributed by atoms with Crippen molar-refractivity contribution in [1.29, 1.82) is 0 Å². The number of fused-ring (bicyclic) bond motifs is 1. The number of ether oxygens (including phenoxy) is 2. The van der Waals surface area contributed by atoms with E-state index in [1.165, 1.54) is 11.9 Å². The maximum atomic E-state index is 13.0. The molecule has 1 atom stereocenters. The van der Waals surface area contributed by atoms with Gasteiger partial charge in [0.25, 0.3) is 0 Å². The molecule has 6 nitrogen and oxygen atoms in total. The second-order valence-corrected chi connectivity index (χ2v) is 11.4. The van der Waals surface area contributed by atoms with E-state index in [1.54, 1.807) is 0 Å². The summed E-state index contributed by atoms with van der Waals surface area (Å²) in [6.45, 7) is 5.94. The van der Waals surface area contributed by atoms with Gasteiger partial charge in [0.05, 0.1) is 30.7 Å². The number of Topliss-reactive ketones (excluding diaryl/α,β-unsaturated/α-hetero) is 1. The number of nitrogens with zero attached hydrogens (tertiary/aromatic N) is 3. The number of benzene rings is 2. The van der Waals surface area contributed by atoms with Gasteiger partial charge in [0, 0.05) is 23.0 Å². The van der Waals surface area contributed by atoms with Crippen LogP contribution < -0.4 is 4.74 Å². The van der Waals surface area contributed by atoms with Crippen LogP contribution >= 0.6 is 0 Å². The maximum Gasteiger partial charge on any atom is 0.168 e. The van der Waals surface area contributed by atoms with Gasteiger partial charge in [-0.3, -0.25) is 4.79 Å². The minimum Gasteiger partial charge on any atom is -0.489 e. The predicted molar refractivity (Wildman–Crippen MR) is 149 cm³/mol. The first-order valence-corrected chi connectivity index (χ1v) is 14.3. The summed E-state index contributed by atoms with van der Waals surface area (Å²) in [5, 5.41) is 0.868. The molecule has 0 N–H and O–H groups in total. The summed E-state index contributed by atoms with van der Waals surface area (Å²) in [4.78, 5) is 21.8. The van der Waals surface area contributed by atoms with Crippen molar-refractivity contribution in [2.45, 2.75) is 39.5 Å². The van der Waals surface area contributed by atoms with E-state index in [4.69, 9.17) is 9.47 Å². The lowest BCUT2D eigenvalue weighted by Crippen LogP contribution is -2.09. The molecule has 2 aromatic heterocycles. The zero-order chi connectivity index (χ0) is 25.5. The molecule has 7 heteroatoms. The van der Waals surface area contributed by atoms with Crippen molar-refractivity contribution in [3.05, 3.63) is 89.5 Å². The Hall–Kier alpha value is -3.29. The van der Waals surface area contributed by atoms with Crippen LogP contribution in [0.3, 0.4) is 0 Å². The number of hydrogen-bond acceptors (Lipinski definition) is 5. The van der Waals surface area contributed by atoms with Crippen LogP contribution in [0, 0.1) is 0 Å². The van der Waals surface area contributed by atoms with Gasteiger partial charge >= 0.3 is 0 Å². The van der Waals surface area contributed by atoms with Crippen molar-refractivity contribution in [2.24, 2.45) is 0 Å². The van der Waals surface area contributed by atoms with Gasteiger partial charge in [-0.05, 0) is 47.4 Å². The zero-order valence-electron chi connectivity index (χ0n) is 21.2. The van der Waals surface area contributed by atoms with Crippen LogP contribution in [0.5, 0.6) is 5.75 Å². The summed E-state index contributed by atoms with van der Waals surface area (Å²) >= 11 is 0. The van der Waals surface area contributed by atoms with Crippen LogP contribution in [0.15, 0.2) is 67.1 Å². The fraction of sp³-hybridized carbons (Fsp3) is 0.310. The van der Waals surface area contributed by atoms with Crippen LogP contribution in [-0.2, 0) is 35.0 Å². The number of thiol groups is 1. The lowest BCUT2D eigenvalue weighted by Gasteiger charge is -2.09. The molecule has 2 aromatic carbocycles. The Morgan fingerprint density at radius 3 is 2.50 bits per heavy atom. The van der Waals surface area contributed by atoms with E-state index >= 15 is 0 Å². The fourth-order valence-electron chi connectivity index (χ4n) is 3.84. The third-order valence-corrected chi connectivity index (χ3v) is 6.99. The molecule has 36 heavy (non-hydrogen) atoms. The number of hydrogen-bond donors (Lipinski definition) is 0. The smallest absolute Gasteiger partial charge is 0.168 e. The van der Waals surface area contributed by atoms with Crippen LogP contribution in [0.1, 0.15) is 46.9 Å². The zero-order valence-corrected chi connectivity index (χ0v) is 22.1. The van der Waals surface area contributed by atoms with Crippen molar-refractivity contribution in [1.82, 2.24) is 14.5 Å². The average molecular weight is 505 g/mol. The highest BCUT2D eigenvalue weighted by atomic mass is 32.2. The van der Waals surface area contributed by atoms with Gasteiger partial charge < -0.3 is 14.0 Å². The standard InChI is InChI=1S/C29H33N3O3S/c1-21(2)23-7-5-22(6-8-23)18-35-25-11-9-24(10-12-25)28(33)17-27-26-13-14-32(29(26)31-19-30-27)20-34-15-16-36(3)4/h5-14,19,21H,3,15-18,20H2,1-2,4H3/p+1. The summed E-state index contributed by atoms with van der Waals surface area (Å²) in [6, 6.07) is 17.7. The van der Waals surface area contributed by atoms with Gasteiger partial charge in [-0.2, -0.15) is 0 Å². The Morgan fingerprint density at radius 2 is 1.81 bits per heavy atom. The van der Waals surface area contributed by atoms with Crippen molar-refractivity contribution < 1.29 is 14.3 Å². The van der Waals surface area contributed by atoms with Gasteiger partial charge in [-0.1, -0.05) is 38.1 Å². The highest BCUT2D eigenvalue weighted by Crippen LogP contribution is 2.20. The number of carbonyl (C=O) groups excluding carboxylic acids is 1. The molecule has 188 valence electrons. The molecular weight excluding hydrogens is 470 g/mol. The van der Waals surface area contributed by atoms with Crippen LogP contribution in [0.25, 0.3) is 11.0 Å². The minimum absolute atomic E-state index is 0.00146. The summed E-state index contributed by atoms with van der Waals surface area (Å²) in [5.41, 5.74) is 4.53. The van der Waals surface area contributed by atoms with Crippen LogP contribution in [-0.4, -0.2) is 44.8 Å². The van der Waals surface area contributed by atoms with Crippen LogP contribution in [0.4, 0.5) is 0 Å². The molecule has 0 amide bonds. The Morgan fingerprint density at radius 1 is 1.06 bits per heavy atom. The third-order valence-electron chi connectivity index (χ3n) is 6.04. The number of rotatable bonds is 12. The molecule has 0 bridgehead atoms. The lowest BCUT2D eigenvalue weighted by atomic mass is 10.0. The molecule has 0 saturated heterocycles. The normalized spacial score (nSPS) is 12.2. The Kier molecular flexibility index (Phi) is 8.67. The largest absolute Gasteiger partial charge is 0.489 e. The van der Waals surface area contributed by atoms with Crippen molar-refractivity contribution in [2.75, 3.05) is 18.6 Å². The summed E-state index contributed by atoms with van der Waals surface area (Å²) in [6.07, 6.45) is 5.77. The molecule has 4 rings (SSSR count). The summed E-state index contributed by atoms with van der Waals surface area (Å²) < 4.78 is 13.6. The van der Waals surface area contributed by atoms with Gasteiger partial charge in [0.2, 0.25) is 0 Å². The highest BCUT2D eigenvalue weighted by molar-refractivity contribution is 7.93. The van der Waals surface area contributed by atoms with E-state index in [2.05, 4.69) is 60.2 Å². The molecule has 0 saturated carbocycles. The number of carbonyl (C=O) groups is 1. The fourth-order valence-corrected chi connectivity index (χ4v) is 4.28. The molecule has 4 aromatic rings. The van der Waals surface area contributed by atoms with Crippen molar-refractivity contribution in [3.8, 4) is 5.75 Å². The van der Waals surface area contributed by atoms with E-state index in [9.17, 15) is 4.79 Å². The minimum atomic E-state index is -0.215.